The number of halogens is 1. The molecule has 1 aliphatic heterocycles. The SMILES string of the molecule is CC[C@H](Sc1ccc(Cl)cc1)C(=O)NCCCN1C[C@@H](C)C[C@H](C)C1. The summed E-state index contributed by atoms with van der Waals surface area (Å²) in [4.78, 5) is 16.1. The molecular formula is C20H31ClN2OS. The number of amides is 1. The molecule has 3 atom stereocenters. The van der Waals surface area contributed by atoms with E-state index >= 15 is 0 Å². The number of nitrogens with zero attached hydrogens (tertiary/aromatic N) is 1. The zero-order valence-electron chi connectivity index (χ0n) is 15.6. The van der Waals surface area contributed by atoms with E-state index in [0.717, 1.165) is 47.7 Å². The van der Waals surface area contributed by atoms with Crippen LogP contribution in [0.5, 0.6) is 0 Å². The van der Waals surface area contributed by atoms with Gasteiger partial charge in [-0.1, -0.05) is 32.4 Å². The second-order valence-corrected chi connectivity index (χ2v) is 9.03. The summed E-state index contributed by atoms with van der Waals surface area (Å²) in [5.41, 5.74) is 0. The average Bonchev–Trinajstić information content (AvgIpc) is 2.57. The van der Waals surface area contributed by atoms with E-state index in [1.54, 1.807) is 11.8 Å². The fourth-order valence-corrected chi connectivity index (χ4v) is 4.71. The molecular weight excluding hydrogens is 352 g/mol. The molecule has 0 spiro atoms. The Kier molecular flexibility index (Phi) is 8.60. The van der Waals surface area contributed by atoms with Gasteiger partial charge in [-0.2, -0.15) is 0 Å². The van der Waals surface area contributed by atoms with Gasteiger partial charge >= 0.3 is 0 Å². The third-order valence-electron chi connectivity index (χ3n) is 4.65. The smallest absolute Gasteiger partial charge is 0.233 e. The highest BCUT2D eigenvalue weighted by molar-refractivity contribution is 8.00. The predicted octanol–water partition coefficient (Wildman–Crippen LogP) is 4.69. The Morgan fingerprint density at radius 1 is 1.28 bits per heavy atom. The summed E-state index contributed by atoms with van der Waals surface area (Å²) in [5.74, 6) is 1.72. The summed E-state index contributed by atoms with van der Waals surface area (Å²) in [6.07, 6.45) is 3.18. The average molecular weight is 383 g/mol. The van der Waals surface area contributed by atoms with Crippen LogP contribution in [-0.2, 0) is 4.79 Å². The van der Waals surface area contributed by atoms with E-state index in [-0.39, 0.29) is 11.2 Å². The topological polar surface area (TPSA) is 32.3 Å². The Morgan fingerprint density at radius 3 is 2.52 bits per heavy atom. The fraction of sp³-hybridized carbons (Fsp3) is 0.650. The lowest BCUT2D eigenvalue weighted by molar-refractivity contribution is -0.120. The number of likely N-dealkylation sites (tertiary alicyclic amines) is 1. The molecule has 0 radical (unpaired) electrons. The lowest BCUT2D eigenvalue weighted by Crippen LogP contribution is -2.40. The molecule has 1 amide bonds. The van der Waals surface area contributed by atoms with Gasteiger partial charge in [-0.15, -0.1) is 11.8 Å². The van der Waals surface area contributed by atoms with Gasteiger partial charge in [-0.25, -0.2) is 0 Å². The molecule has 1 N–H and O–H groups in total. The van der Waals surface area contributed by atoms with Crippen molar-refractivity contribution in [3.63, 3.8) is 0 Å². The summed E-state index contributed by atoms with van der Waals surface area (Å²) in [6.45, 7) is 11.0. The highest BCUT2D eigenvalue weighted by atomic mass is 35.5. The Labute approximate surface area is 161 Å². The molecule has 2 rings (SSSR count). The van der Waals surface area contributed by atoms with Gasteiger partial charge in [0, 0.05) is 29.6 Å². The maximum absolute atomic E-state index is 12.4. The molecule has 1 saturated heterocycles. The maximum Gasteiger partial charge on any atom is 0.233 e. The van der Waals surface area contributed by atoms with Crippen LogP contribution < -0.4 is 5.32 Å². The Bertz CT molecular complexity index is 527. The van der Waals surface area contributed by atoms with Crippen molar-refractivity contribution < 1.29 is 4.79 Å². The van der Waals surface area contributed by atoms with E-state index in [4.69, 9.17) is 11.6 Å². The summed E-state index contributed by atoms with van der Waals surface area (Å²) in [7, 11) is 0. The Hall–Kier alpha value is -0.710. The second-order valence-electron chi connectivity index (χ2n) is 7.32. The first kappa shape index (κ1) is 20.6. The molecule has 5 heteroatoms. The summed E-state index contributed by atoms with van der Waals surface area (Å²) >= 11 is 7.53. The van der Waals surface area contributed by atoms with E-state index < -0.39 is 0 Å². The number of piperidine rings is 1. The first-order chi connectivity index (χ1) is 12.0. The first-order valence-corrected chi connectivity index (χ1v) is 10.7. The van der Waals surface area contributed by atoms with E-state index in [1.165, 1.54) is 19.5 Å². The molecule has 25 heavy (non-hydrogen) atoms. The summed E-state index contributed by atoms with van der Waals surface area (Å²) in [6, 6.07) is 7.69. The monoisotopic (exact) mass is 382 g/mol. The number of benzene rings is 1. The molecule has 140 valence electrons. The van der Waals surface area contributed by atoms with Crippen LogP contribution in [0.4, 0.5) is 0 Å². The molecule has 1 aromatic carbocycles. The van der Waals surface area contributed by atoms with Crippen molar-refractivity contribution in [1.29, 1.82) is 0 Å². The van der Waals surface area contributed by atoms with Crippen molar-refractivity contribution in [3.8, 4) is 0 Å². The lowest BCUT2D eigenvalue weighted by Gasteiger charge is -2.35. The molecule has 1 fully saturated rings. The van der Waals surface area contributed by atoms with Gasteiger partial charge in [-0.3, -0.25) is 4.79 Å². The van der Waals surface area contributed by atoms with Gasteiger partial charge in [0.1, 0.15) is 0 Å². The minimum Gasteiger partial charge on any atom is -0.355 e. The number of carbonyl (C=O) groups is 1. The van der Waals surface area contributed by atoms with Crippen molar-refractivity contribution in [3.05, 3.63) is 29.3 Å². The molecule has 1 aliphatic rings. The third kappa shape index (κ3) is 7.20. The molecule has 0 aliphatic carbocycles. The normalized spacial score (nSPS) is 22.6. The van der Waals surface area contributed by atoms with E-state index in [0.29, 0.717) is 0 Å². The van der Waals surface area contributed by atoms with E-state index in [1.807, 2.05) is 24.3 Å². The quantitative estimate of drug-likeness (QED) is 0.522. The van der Waals surface area contributed by atoms with Crippen LogP contribution in [0.2, 0.25) is 5.02 Å². The molecule has 0 aromatic heterocycles. The van der Waals surface area contributed by atoms with Gasteiger partial charge < -0.3 is 10.2 Å². The fourth-order valence-electron chi connectivity index (χ4n) is 3.60. The van der Waals surface area contributed by atoms with Crippen LogP contribution in [0, 0.1) is 11.8 Å². The van der Waals surface area contributed by atoms with E-state index in [2.05, 4.69) is 31.0 Å². The molecule has 1 heterocycles. The van der Waals surface area contributed by atoms with E-state index in [9.17, 15) is 4.79 Å². The number of nitrogens with one attached hydrogen (secondary N) is 1. The standard InChI is InChI=1S/C20H31ClN2OS/c1-4-19(25-18-8-6-17(21)7-9-18)20(24)22-10-5-11-23-13-15(2)12-16(3)14-23/h6-9,15-16,19H,4-5,10-14H2,1-3H3,(H,22,24)/t15-,16-,19-/m0/s1. The summed E-state index contributed by atoms with van der Waals surface area (Å²) < 4.78 is 0. The molecule has 3 nitrogen and oxygen atoms in total. The van der Waals surface area contributed by atoms with Gasteiger partial charge in [0.2, 0.25) is 5.91 Å². The van der Waals surface area contributed by atoms with Crippen LogP contribution in [0.15, 0.2) is 29.2 Å². The summed E-state index contributed by atoms with van der Waals surface area (Å²) in [5, 5.41) is 3.79. The predicted molar refractivity (Wildman–Crippen MR) is 108 cm³/mol. The zero-order chi connectivity index (χ0) is 18.2. The van der Waals surface area contributed by atoms with Crippen LogP contribution in [0.25, 0.3) is 0 Å². The van der Waals surface area contributed by atoms with Crippen molar-refractivity contribution in [2.45, 2.75) is 50.2 Å². The third-order valence-corrected chi connectivity index (χ3v) is 6.28. The van der Waals surface area contributed by atoms with Crippen LogP contribution >= 0.6 is 23.4 Å². The highest BCUT2D eigenvalue weighted by Crippen LogP contribution is 2.26. The minimum atomic E-state index is -0.0452. The molecule has 1 aromatic rings. The molecule has 0 saturated carbocycles. The number of hydrogen-bond donors (Lipinski definition) is 1. The lowest BCUT2D eigenvalue weighted by atomic mass is 9.92. The first-order valence-electron chi connectivity index (χ1n) is 9.40. The molecule has 0 unspecified atom stereocenters. The van der Waals surface area contributed by atoms with Crippen molar-refractivity contribution >= 4 is 29.3 Å². The molecule has 0 bridgehead atoms. The second kappa shape index (κ2) is 10.4. The van der Waals surface area contributed by atoms with Crippen LogP contribution in [0.1, 0.15) is 40.0 Å². The Balaban J connectivity index is 1.70. The van der Waals surface area contributed by atoms with Crippen molar-refractivity contribution in [1.82, 2.24) is 10.2 Å². The number of hydrogen-bond acceptors (Lipinski definition) is 3. The zero-order valence-corrected chi connectivity index (χ0v) is 17.2. The Morgan fingerprint density at radius 2 is 1.92 bits per heavy atom. The minimum absolute atomic E-state index is 0.0452. The van der Waals surface area contributed by atoms with Crippen molar-refractivity contribution in [2.24, 2.45) is 11.8 Å². The number of rotatable bonds is 8. The van der Waals surface area contributed by atoms with Crippen LogP contribution in [0.3, 0.4) is 0 Å². The van der Waals surface area contributed by atoms with Crippen LogP contribution in [-0.4, -0.2) is 42.2 Å². The maximum atomic E-state index is 12.4. The largest absolute Gasteiger partial charge is 0.355 e. The van der Waals surface area contributed by atoms with Crippen molar-refractivity contribution in [2.75, 3.05) is 26.2 Å². The van der Waals surface area contributed by atoms with Gasteiger partial charge in [-0.05, 0) is 61.9 Å². The van der Waals surface area contributed by atoms with Gasteiger partial charge in [0.25, 0.3) is 0 Å². The van der Waals surface area contributed by atoms with Gasteiger partial charge in [0.15, 0.2) is 0 Å². The van der Waals surface area contributed by atoms with Gasteiger partial charge in [0.05, 0.1) is 5.25 Å². The highest BCUT2D eigenvalue weighted by Gasteiger charge is 2.21. The number of carbonyl (C=O) groups excluding carboxylic acids is 1. The number of thioether (sulfide) groups is 1.